The molecule has 82 valence electrons. The van der Waals surface area contributed by atoms with E-state index in [1.807, 2.05) is 0 Å². The van der Waals surface area contributed by atoms with Crippen molar-refractivity contribution in [2.75, 3.05) is 18.4 Å². The molecule has 0 spiro atoms. The van der Waals surface area contributed by atoms with Crippen LogP contribution in [0.4, 0.5) is 5.69 Å². The minimum Gasteiger partial charge on any atom is -0.384 e. The lowest BCUT2D eigenvalue weighted by Gasteiger charge is -2.08. The fourth-order valence-electron chi connectivity index (χ4n) is 1.53. The first-order chi connectivity index (χ1) is 7.25. The number of hydrogen-bond acceptors (Lipinski definition) is 2. The first-order valence-electron chi connectivity index (χ1n) is 5.49. The Balaban J connectivity index is 1.74. The maximum absolute atomic E-state index is 3.50. The van der Waals surface area contributed by atoms with Gasteiger partial charge in [0, 0.05) is 29.3 Å². The molecule has 2 rings (SSSR count). The van der Waals surface area contributed by atoms with E-state index < -0.39 is 0 Å². The minimum absolute atomic E-state index is 0.804. The molecule has 15 heavy (non-hydrogen) atoms. The summed E-state index contributed by atoms with van der Waals surface area (Å²) in [5, 5.41) is 6.89. The van der Waals surface area contributed by atoms with Crippen molar-refractivity contribution in [3.8, 4) is 0 Å². The second kappa shape index (κ2) is 4.99. The van der Waals surface area contributed by atoms with Crippen molar-refractivity contribution in [2.45, 2.75) is 25.8 Å². The van der Waals surface area contributed by atoms with Gasteiger partial charge in [-0.05, 0) is 43.5 Å². The highest BCUT2D eigenvalue weighted by atomic mass is 79.9. The Kier molecular flexibility index (Phi) is 3.65. The van der Waals surface area contributed by atoms with Gasteiger partial charge >= 0.3 is 0 Å². The van der Waals surface area contributed by atoms with Crippen molar-refractivity contribution in [3.63, 3.8) is 0 Å². The van der Waals surface area contributed by atoms with E-state index in [4.69, 9.17) is 0 Å². The number of nitrogens with one attached hydrogen (secondary N) is 2. The summed E-state index contributed by atoms with van der Waals surface area (Å²) in [5.41, 5.74) is 2.48. The Morgan fingerprint density at radius 3 is 2.80 bits per heavy atom. The van der Waals surface area contributed by atoms with Gasteiger partial charge in [-0.2, -0.15) is 0 Å². The molecule has 0 saturated heterocycles. The van der Waals surface area contributed by atoms with E-state index in [1.165, 1.54) is 28.6 Å². The van der Waals surface area contributed by atoms with Gasteiger partial charge in [-0.3, -0.25) is 0 Å². The first kappa shape index (κ1) is 11.0. The molecule has 1 aliphatic rings. The highest BCUT2D eigenvalue weighted by Gasteiger charge is 2.19. The normalized spacial score (nSPS) is 15.3. The Bertz CT molecular complexity index is 334. The molecule has 1 saturated carbocycles. The van der Waals surface area contributed by atoms with Gasteiger partial charge in [0.15, 0.2) is 0 Å². The molecule has 0 heterocycles. The topological polar surface area (TPSA) is 24.1 Å². The van der Waals surface area contributed by atoms with Crippen LogP contribution in [0.3, 0.4) is 0 Å². The van der Waals surface area contributed by atoms with E-state index in [9.17, 15) is 0 Å². The summed E-state index contributed by atoms with van der Waals surface area (Å²) < 4.78 is 1.17. The van der Waals surface area contributed by atoms with Crippen molar-refractivity contribution in [1.29, 1.82) is 0 Å². The van der Waals surface area contributed by atoms with Crippen LogP contribution in [0.2, 0.25) is 0 Å². The highest BCUT2D eigenvalue weighted by molar-refractivity contribution is 9.10. The molecular formula is C12H17BrN2. The number of hydrogen-bond donors (Lipinski definition) is 2. The fourth-order valence-corrected chi connectivity index (χ4v) is 1.77. The zero-order valence-corrected chi connectivity index (χ0v) is 10.6. The molecule has 1 aromatic rings. The number of rotatable bonds is 5. The molecule has 0 amide bonds. The van der Waals surface area contributed by atoms with E-state index in [0.29, 0.717) is 0 Å². The lowest BCUT2D eigenvalue weighted by atomic mass is 10.2. The zero-order chi connectivity index (χ0) is 10.7. The van der Waals surface area contributed by atoms with Gasteiger partial charge in [0.25, 0.3) is 0 Å². The predicted molar refractivity (Wildman–Crippen MR) is 68.4 cm³/mol. The molecule has 2 nitrogen and oxygen atoms in total. The van der Waals surface area contributed by atoms with E-state index in [-0.39, 0.29) is 0 Å². The molecule has 0 unspecified atom stereocenters. The molecule has 2 N–H and O–H groups in total. The summed E-state index contributed by atoms with van der Waals surface area (Å²) in [6, 6.07) is 7.17. The largest absolute Gasteiger partial charge is 0.384 e. The fraction of sp³-hybridized carbons (Fsp3) is 0.500. The quantitative estimate of drug-likeness (QED) is 0.803. The smallest absolute Gasteiger partial charge is 0.0344 e. The van der Waals surface area contributed by atoms with Crippen LogP contribution in [0.15, 0.2) is 22.7 Å². The van der Waals surface area contributed by atoms with Gasteiger partial charge in [-0.25, -0.2) is 0 Å². The molecule has 1 aromatic carbocycles. The van der Waals surface area contributed by atoms with Crippen molar-refractivity contribution in [1.82, 2.24) is 5.32 Å². The standard InChI is InChI=1S/C12H17BrN2/c1-9-8-11(4-5-12(9)13)15-7-6-14-10-2-3-10/h4-5,8,10,14-15H,2-3,6-7H2,1H3. The van der Waals surface area contributed by atoms with Crippen LogP contribution in [-0.4, -0.2) is 19.1 Å². The lowest BCUT2D eigenvalue weighted by molar-refractivity contribution is 0.701. The van der Waals surface area contributed by atoms with Crippen LogP contribution in [-0.2, 0) is 0 Å². The average molecular weight is 269 g/mol. The number of anilines is 1. The Morgan fingerprint density at radius 2 is 2.13 bits per heavy atom. The van der Waals surface area contributed by atoms with Gasteiger partial charge in [-0.1, -0.05) is 15.9 Å². The summed E-state index contributed by atoms with van der Waals surface area (Å²) in [5.74, 6) is 0. The highest BCUT2D eigenvalue weighted by Crippen LogP contribution is 2.20. The molecule has 1 fully saturated rings. The van der Waals surface area contributed by atoms with Crippen molar-refractivity contribution in [3.05, 3.63) is 28.2 Å². The number of aryl methyl sites for hydroxylation is 1. The Hall–Kier alpha value is -0.540. The summed E-state index contributed by atoms with van der Waals surface area (Å²) in [6.45, 7) is 4.16. The monoisotopic (exact) mass is 268 g/mol. The van der Waals surface area contributed by atoms with E-state index in [0.717, 1.165) is 19.1 Å². The molecule has 0 bridgehead atoms. The van der Waals surface area contributed by atoms with Crippen molar-refractivity contribution < 1.29 is 0 Å². The maximum atomic E-state index is 3.50. The van der Waals surface area contributed by atoms with Crippen molar-refractivity contribution >= 4 is 21.6 Å². The maximum Gasteiger partial charge on any atom is 0.0344 e. The zero-order valence-electron chi connectivity index (χ0n) is 9.02. The predicted octanol–water partition coefficient (Wildman–Crippen LogP) is 2.92. The lowest BCUT2D eigenvalue weighted by Crippen LogP contribution is -2.23. The SMILES string of the molecule is Cc1cc(NCCNC2CC2)ccc1Br. The van der Waals surface area contributed by atoms with Crippen LogP contribution < -0.4 is 10.6 Å². The molecule has 1 aliphatic carbocycles. The van der Waals surface area contributed by atoms with Gasteiger partial charge < -0.3 is 10.6 Å². The Morgan fingerprint density at radius 1 is 1.33 bits per heavy atom. The van der Waals surface area contributed by atoms with E-state index in [1.54, 1.807) is 0 Å². The average Bonchev–Trinajstić information content (AvgIpc) is 3.02. The molecule has 0 aromatic heterocycles. The van der Waals surface area contributed by atoms with Crippen LogP contribution >= 0.6 is 15.9 Å². The molecule has 0 aliphatic heterocycles. The molecule has 0 radical (unpaired) electrons. The third-order valence-electron chi connectivity index (χ3n) is 2.62. The van der Waals surface area contributed by atoms with Gasteiger partial charge in [-0.15, -0.1) is 0 Å². The molecular weight excluding hydrogens is 252 g/mol. The second-order valence-corrected chi connectivity index (χ2v) is 4.97. The third kappa shape index (κ3) is 3.50. The summed E-state index contributed by atoms with van der Waals surface area (Å²) in [4.78, 5) is 0. The van der Waals surface area contributed by atoms with Gasteiger partial charge in [0.1, 0.15) is 0 Å². The Labute approximate surface area is 99.6 Å². The van der Waals surface area contributed by atoms with Crippen LogP contribution in [0.5, 0.6) is 0 Å². The van der Waals surface area contributed by atoms with E-state index in [2.05, 4.69) is 51.7 Å². The minimum atomic E-state index is 0.804. The summed E-state index contributed by atoms with van der Waals surface area (Å²) in [6.07, 6.45) is 2.72. The van der Waals surface area contributed by atoms with Gasteiger partial charge in [0.05, 0.1) is 0 Å². The number of halogens is 1. The van der Waals surface area contributed by atoms with Gasteiger partial charge in [0.2, 0.25) is 0 Å². The summed E-state index contributed by atoms with van der Waals surface area (Å²) >= 11 is 3.50. The number of benzene rings is 1. The first-order valence-corrected chi connectivity index (χ1v) is 6.28. The van der Waals surface area contributed by atoms with E-state index >= 15 is 0 Å². The second-order valence-electron chi connectivity index (χ2n) is 4.12. The summed E-state index contributed by atoms with van der Waals surface area (Å²) in [7, 11) is 0. The molecule has 3 heteroatoms. The van der Waals surface area contributed by atoms with Crippen LogP contribution in [0.25, 0.3) is 0 Å². The third-order valence-corrected chi connectivity index (χ3v) is 3.51. The van der Waals surface area contributed by atoms with Crippen molar-refractivity contribution in [2.24, 2.45) is 0 Å². The molecule has 0 atom stereocenters. The van der Waals surface area contributed by atoms with Crippen LogP contribution in [0, 0.1) is 6.92 Å². The van der Waals surface area contributed by atoms with Crippen LogP contribution in [0.1, 0.15) is 18.4 Å².